The summed E-state index contributed by atoms with van der Waals surface area (Å²) < 4.78 is 0. The van der Waals surface area contributed by atoms with E-state index in [1.807, 2.05) is 0 Å². The SMILES string of the molecule is CC(N)CCC1CCCCCN1. The Hall–Kier alpha value is -0.0800. The number of hydrogen-bond acceptors (Lipinski definition) is 2. The number of rotatable bonds is 3. The van der Waals surface area contributed by atoms with Gasteiger partial charge in [-0.25, -0.2) is 0 Å². The van der Waals surface area contributed by atoms with Crippen LogP contribution < -0.4 is 11.1 Å². The summed E-state index contributed by atoms with van der Waals surface area (Å²) in [4.78, 5) is 0. The third-order valence-corrected chi connectivity index (χ3v) is 2.63. The first kappa shape index (κ1) is 10.0. The molecule has 0 bridgehead atoms. The van der Waals surface area contributed by atoms with Crippen molar-refractivity contribution in [3.05, 3.63) is 0 Å². The summed E-state index contributed by atoms with van der Waals surface area (Å²) in [6.45, 7) is 3.31. The third kappa shape index (κ3) is 4.07. The van der Waals surface area contributed by atoms with Gasteiger partial charge < -0.3 is 11.1 Å². The third-order valence-electron chi connectivity index (χ3n) is 2.63. The largest absolute Gasteiger partial charge is 0.328 e. The van der Waals surface area contributed by atoms with E-state index in [1.54, 1.807) is 0 Å². The molecule has 12 heavy (non-hydrogen) atoms. The quantitative estimate of drug-likeness (QED) is 0.676. The molecule has 1 aliphatic heterocycles. The molecule has 0 amide bonds. The molecule has 0 aliphatic carbocycles. The van der Waals surface area contributed by atoms with Gasteiger partial charge in [0.2, 0.25) is 0 Å². The molecule has 0 aromatic rings. The van der Waals surface area contributed by atoms with Gasteiger partial charge in [0.15, 0.2) is 0 Å². The van der Waals surface area contributed by atoms with Crippen LogP contribution in [0.4, 0.5) is 0 Å². The van der Waals surface area contributed by atoms with Crippen LogP contribution in [0.1, 0.15) is 45.4 Å². The van der Waals surface area contributed by atoms with Crippen LogP contribution >= 0.6 is 0 Å². The van der Waals surface area contributed by atoms with Gasteiger partial charge in [0.05, 0.1) is 0 Å². The summed E-state index contributed by atoms with van der Waals surface area (Å²) in [5.41, 5.74) is 5.72. The first-order chi connectivity index (χ1) is 5.79. The van der Waals surface area contributed by atoms with Gasteiger partial charge in [-0.05, 0) is 39.2 Å². The smallest absolute Gasteiger partial charge is 0.00676 e. The van der Waals surface area contributed by atoms with Crippen molar-refractivity contribution in [2.45, 2.75) is 57.5 Å². The Kier molecular flexibility index (Phi) is 4.62. The van der Waals surface area contributed by atoms with E-state index >= 15 is 0 Å². The summed E-state index contributed by atoms with van der Waals surface area (Å²) in [5.74, 6) is 0. The summed E-state index contributed by atoms with van der Waals surface area (Å²) in [5, 5.41) is 3.58. The lowest BCUT2D eigenvalue weighted by atomic mass is 10.0. The van der Waals surface area contributed by atoms with Crippen molar-refractivity contribution >= 4 is 0 Å². The molecule has 0 spiro atoms. The second-order valence-corrected chi connectivity index (χ2v) is 4.06. The van der Waals surface area contributed by atoms with E-state index < -0.39 is 0 Å². The van der Waals surface area contributed by atoms with E-state index in [-0.39, 0.29) is 0 Å². The highest BCUT2D eigenvalue weighted by Gasteiger charge is 2.11. The molecule has 0 aromatic carbocycles. The number of nitrogens with two attached hydrogens (primary N) is 1. The summed E-state index contributed by atoms with van der Waals surface area (Å²) >= 11 is 0. The van der Waals surface area contributed by atoms with Crippen LogP contribution in [-0.4, -0.2) is 18.6 Å². The zero-order valence-electron chi connectivity index (χ0n) is 8.18. The molecule has 2 unspecified atom stereocenters. The molecule has 1 aliphatic rings. The van der Waals surface area contributed by atoms with E-state index in [4.69, 9.17) is 5.73 Å². The van der Waals surface area contributed by atoms with E-state index in [1.165, 1.54) is 38.6 Å². The predicted molar refractivity (Wildman–Crippen MR) is 53.1 cm³/mol. The Bertz CT molecular complexity index is 104. The number of nitrogens with one attached hydrogen (secondary N) is 1. The Morgan fingerprint density at radius 1 is 1.42 bits per heavy atom. The molecule has 1 heterocycles. The predicted octanol–water partition coefficient (Wildman–Crippen LogP) is 1.65. The average Bonchev–Trinajstić information content (AvgIpc) is 2.28. The summed E-state index contributed by atoms with van der Waals surface area (Å²) in [7, 11) is 0. The van der Waals surface area contributed by atoms with Gasteiger partial charge in [0.1, 0.15) is 0 Å². The van der Waals surface area contributed by atoms with Crippen LogP contribution in [0.5, 0.6) is 0 Å². The first-order valence-corrected chi connectivity index (χ1v) is 5.28. The highest BCUT2D eigenvalue weighted by Crippen LogP contribution is 2.12. The maximum absolute atomic E-state index is 5.72. The van der Waals surface area contributed by atoms with Gasteiger partial charge in [-0.1, -0.05) is 12.8 Å². The van der Waals surface area contributed by atoms with Crippen molar-refractivity contribution in [3.8, 4) is 0 Å². The lowest BCUT2D eigenvalue weighted by molar-refractivity contribution is 0.446. The second kappa shape index (κ2) is 5.55. The lowest BCUT2D eigenvalue weighted by Gasteiger charge is -2.16. The molecule has 2 atom stereocenters. The maximum atomic E-state index is 5.72. The second-order valence-electron chi connectivity index (χ2n) is 4.06. The van der Waals surface area contributed by atoms with E-state index in [2.05, 4.69) is 12.2 Å². The van der Waals surface area contributed by atoms with Crippen LogP contribution in [0, 0.1) is 0 Å². The van der Waals surface area contributed by atoms with Crippen molar-refractivity contribution < 1.29 is 0 Å². The first-order valence-electron chi connectivity index (χ1n) is 5.28. The van der Waals surface area contributed by atoms with Crippen molar-refractivity contribution in [2.24, 2.45) is 5.73 Å². The van der Waals surface area contributed by atoms with E-state index in [0.29, 0.717) is 6.04 Å². The number of hydrogen-bond donors (Lipinski definition) is 2. The maximum Gasteiger partial charge on any atom is 0.00676 e. The van der Waals surface area contributed by atoms with Gasteiger partial charge in [0.25, 0.3) is 0 Å². The van der Waals surface area contributed by atoms with Gasteiger partial charge in [-0.15, -0.1) is 0 Å². The minimum absolute atomic E-state index is 0.370. The van der Waals surface area contributed by atoms with Crippen LogP contribution in [0.2, 0.25) is 0 Å². The lowest BCUT2D eigenvalue weighted by Crippen LogP contribution is -2.30. The van der Waals surface area contributed by atoms with Gasteiger partial charge in [0, 0.05) is 12.1 Å². The van der Waals surface area contributed by atoms with Gasteiger partial charge in [-0.2, -0.15) is 0 Å². The molecule has 2 heteroatoms. The van der Waals surface area contributed by atoms with Crippen molar-refractivity contribution in [1.29, 1.82) is 0 Å². The van der Waals surface area contributed by atoms with Crippen molar-refractivity contribution in [3.63, 3.8) is 0 Å². The van der Waals surface area contributed by atoms with Crippen LogP contribution in [0.25, 0.3) is 0 Å². The van der Waals surface area contributed by atoms with Crippen LogP contribution in [0.15, 0.2) is 0 Å². The molecule has 0 radical (unpaired) electrons. The molecule has 1 fully saturated rings. The zero-order valence-corrected chi connectivity index (χ0v) is 8.18. The average molecular weight is 170 g/mol. The fourth-order valence-corrected chi connectivity index (χ4v) is 1.81. The molecule has 3 N–H and O–H groups in total. The molecular weight excluding hydrogens is 148 g/mol. The molecule has 1 rings (SSSR count). The molecule has 0 aromatic heterocycles. The van der Waals surface area contributed by atoms with E-state index in [9.17, 15) is 0 Å². The minimum Gasteiger partial charge on any atom is -0.328 e. The van der Waals surface area contributed by atoms with Gasteiger partial charge in [-0.3, -0.25) is 0 Å². The Labute approximate surface area is 75.9 Å². The summed E-state index contributed by atoms with van der Waals surface area (Å²) in [6.07, 6.45) is 7.94. The summed E-state index contributed by atoms with van der Waals surface area (Å²) in [6, 6.07) is 1.12. The van der Waals surface area contributed by atoms with Gasteiger partial charge >= 0.3 is 0 Å². The molecule has 0 saturated carbocycles. The zero-order chi connectivity index (χ0) is 8.81. The monoisotopic (exact) mass is 170 g/mol. The van der Waals surface area contributed by atoms with E-state index in [0.717, 1.165) is 12.5 Å². The standard InChI is InChI=1S/C10H22N2/c1-9(11)6-7-10-5-3-2-4-8-12-10/h9-10,12H,2-8,11H2,1H3. The fourth-order valence-electron chi connectivity index (χ4n) is 1.81. The Balaban J connectivity index is 2.12. The van der Waals surface area contributed by atoms with Crippen molar-refractivity contribution in [1.82, 2.24) is 5.32 Å². The Morgan fingerprint density at radius 3 is 3.00 bits per heavy atom. The molecular formula is C10H22N2. The topological polar surface area (TPSA) is 38.0 Å². The minimum atomic E-state index is 0.370. The Morgan fingerprint density at radius 2 is 2.25 bits per heavy atom. The molecule has 2 nitrogen and oxygen atoms in total. The van der Waals surface area contributed by atoms with Crippen molar-refractivity contribution in [2.75, 3.05) is 6.54 Å². The normalized spacial score (nSPS) is 28.0. The van der Waals surface area contributed by atoms with Crippen LogP contribution in [-0.2, 0) is 0 Å². The fraction of sp³-hybridized carbons (Fsp3) is 1.00. The molecule has 1 saturated heterocycles. The molecule has 72 valence electrons. The van der Waals surface area contributed by atoms with Crippen LogP contribution in [0.3, 0.4) is 0 Å². The highest BCUT2D eigenvalue weighted by atomic mass is 14.9. The highest BCUT2D eigenvalue weighted by molar-refractivity contribution is 4.72.